The van der Waals surface area contributed by atoms with Gasteiger partial charge in [0.2, 0.25) is 11.2 Å². The molecule has 2 fully saturated rings. The number of primary amides is 2. The number of carbonyl (C=O) groups is 4. The molecule has 59 heavy (non-hydrogen) atoms. The molecule has 20 heteroatoms. The summed E-state index contributed by atoms with van der Waals surface area (Å²) in [7, 11) is -0.371. The van der Waals surface area contributed by atoms with Crippen LogP contribution in [-0.4, -0.2) is 99.5 Å². The monoisotopic (exact) mass is 902 g/mol. The van der Waals surface area contributed by atoms with Gasteiger partial charge in [-0.1, -0.05) is 42.9 Å². The Kier molecular flexibility index (Phi) is 21.0. The number of rotatable bonds is 3. The van der Waals surface area contributed by atoms with Gasteiger partial charge in [0, 0.05) is 51.2 Å². The van der Waals surface area contributed by atoms with Crippen LogP contribution in [0.2, 0.25) is 0 Å². The smallest absolute Gasteiger partial charge is 0.397 e. The molecular formula is C39H40BBrF3KN8O6. The van der Waals surface area contributed by atoms with Crippen LogP contribution in [0.5, 0.6) is 0 Å². The Morgan fingerprint density at radius 1 is 0.814 bits per heavy atom. The first kappa shape index (κ1) is 52.2. The Bertz CT molecular complexity index is 2260. The molecule has 2 aliphatic rings. The number of likely N-dealkylation sites (N-methyl/N-ethyl adjacent to an activating group) is 2. The zero-order valence-corrected chi connectivity index (χ0v) is 36.2. The van der Waals surface area contributed by atoms with Crippen molar-refractivity contribution in [3.63, 3.8) is 0 Å². The number of halogens is 4. The van der Waals surface area contributed by atoms with Crippen LogP contribution in [0.4, 0.5) is 24.3 Å². The van der Waals surface area contributed by atoms with Crippen LogP contribution in [0.1, 0.15) is 52.4 Å². The van der Waals surface area contributed by atoms with Crippen molar-refractivity contribution in [2.45, 2.75) is 31.5 Å². The van der Waals surface area contributed by atoms with Gasteiger partial charge >= 0.3 is 58.9 Å². The van der Waals surface area contributed by atoms with Crippen molar-refractivity contribution in [3.05, 3.63) is 106 Å². The second kappa shape index (κ2) is 23.7. The number of nitrogen functional groups attached to an aromatic ring is 2. The minimum atomic E-state index is -3.67. The molecule has 0 spiro atoms. The first-order chi connectivity index (χ1) is 26.8. The summed E-state index contributed by atoms with van der Waals surface area (Å²) >= 11 is 3.09. The molecule has 2 saturated heterocycles. The number of aliphatic hydroxyl groups is 2. The van der Waals surface area contributed by atoms with Gasteiger partial charge in [-0.15, -0.1) is 5.92 Å². The van der Waals surface area contributed by atoms with Crippen molar-refractivity contribution in [1.29, 1.82) is 0 Å². The third kappa shape index (κ3) is 15.4. The largest absolute Gasteiger partial charge is 1.00 e. The summed E-state index contributed by atoms with van der Waals surface area (Å²) in [5.41, 5.74) is 21.4. The Hall–Kier alpha value is -4.77. The number of nitrogens with zero attached hydrogens (tertiary/aromatic N) is 4. The van der Waals surface area contributed by atoms with Gasteiger partial charge in [-0.25, -0.2) is 9.97 Å². The summed E-state index contributed by atoms with van der Waals surface area (Å²) in [6.07, 6.45) is 0.641. The van der Waals surface area contributed by atoms with E-state index in [0.29, 0.717) is 46.6 Å². The number of hydrogen-bond acceptors (Lipinski definition) is 10. The van der Waals surface area contributed by atoms with Gasteiger partial charge in [0.05, 0.1) is 17.1 Å². The second-order valence-corrected chi connectivity index (χ2v) is 13.0. The molecule has 14 nitrogen and oxygen atoms in total. The molecule has 4 heterocycles. The van der Waals surface area contributed by atoms with Crippen LogP contribution in [0, 0.1) is 29.7 Å². The summed E-state index contributed by atoms with van der Waals surface area (Å²) in [6.45, 7) is 1.01. The zero-order chi connectivity index (χ0) is 42.5. The van der Waals surface area contributed by atoms with Crippen molar-refractivity contribution in [3.8, 4) is 34.9 Å². The fourth-order valence-corrected chi connectivity index (χ4v) is 5.30. The van der Waals surface area contributed by atoms with E-state index < -0.39 is 36.5 Å². The SMILES string of the molecule is C.CN1CC[C@@](O)(C#Cc2c[c-]ccc2)C1=O.CN1CC[C@@](O)(C#Cc2cccc(-c3ccc(N)c(C(N)=O)n3)c2)C1=O.FB(F)F.NC(=O)c1nc(Br)ccc1N.[K+]. The predicted octanol–water partition coefficient (Wildman–Crippen LogP) is -0.149. The standard InChI is InChI=1S/C19H18N4O3.C13H12NO2.C6H6BrN3O.CH4.BF3.K/c1-23-10-9-19(26,18(23)25)8-7-12-3-2-4-13(11-12)15-6-5-14(20)16(22-15)17(21)24;1-14-10-9-13(16,12(14)15)8-7-11-5-3-2-4-6-11;7-4-2-1-3(8)5(10-4)6(9)11;;2-1(3)4;/h2-6,11,26H,9-10,20H2,1H3,(H2,21,24);2-3,5-6,16H,9-10H2,1H3;1-2H,8H2,(H2,9,11);1H4;;/q;-1;;;;+1/t19-;13-;;;;/m00..../s1. The maximum absolute atomic E-state index is 12.0. The second-order valence-electron chi connectivity index (χ2n) is 12.2. The van der Waals surface area contributed by atoms with Gasteiger partial charge in [0.1, 0.15) is 4.60 Å². The van der Waals surface area contributed by atoms with E-state index in [4.69, 9.17) is 22.9 Å². The van der Waals surface area contributed by atoms with Gasteiger partial charge in [-0.2, -0.15) is 30.3 Å². The number of amides is 4. The van der Waals surface area contributed by atoms with E-state index in [2.05, 4.69) is 55.6 Å². The molecule has 4 aromatic rings. The van der Waals surface area contributed by atoms with E-state index in [1.807, 2.05) is 12.1 Å². The normalized spacial score (nSPS) is 17.2. The van der Waals surface area contributed by atoms with E-state index in [9.17, 15) is 42.3 Å². The molecule has 10 N–H and O–H groups in total. The molecule has 6 rings (SSSR count). The van der Waals surface area contributed by atoms with Crippen LogP contribution >= 0.6 is 15.9 Å². The van der Waals surface area contributed by atoms with Gasteiger partial charge in [-0.3, -0.25) is 32.1 Å². The van der Waals surface area contributed by atoms with Gasteiger partial charge < -0.3 is 42.9 Å². The van der Waals surface area contributed by atoms with Gasteiger partial charge in [0.25, 0.3) is 23.6 Å². The summed E-state index contributed by atoms with van der Waals surface area (Å²) in [5.74, 6) is 8.93. The van der Waals surface area contributed by atoms with Crippen molar-refractivity contribution < 1.29 is 93.7 Å². The summed E-state index contributed by atoms with van der Waals surface area (Å²) < 4.78 is 29.5. The van der Waals surface area contributed by atoms with Crippen LogP contribution in [0.3, 0.4) is 0 Å². The summed E-state index contributed by atoms with van der Waals surface area (Å²) in [4.78, 5) is 56.6. The van der Waals surface area contributed by atoms with Crippen LogP contribution in [0.15, 0.2) is 77.4 Å². The number of benzene rings is 2. The van der Waals surface area contributed by atoms with E-state index in [1.165, 1.54) is 9.80 Å². The van der Waals surface area contributed by atoms with E-state index in [-0.39, 0.29) is 88.2 Å². The molecular weight excluding hydrogens is 863 g/mol. The maximum Gasteiger partial charge on any atom is 1.00 e. The molecule has 2 aliphatic heterocycles. The molecule has 4 amide bonds. The topological polar surface area (TPSA) is 245 Å². The van der Waals surface area contributed by atoms with Crippen molar-refractivity contribution in [2.75, 3.05) is 38.7 Å². The third-order valence-corrected chi connectivity index (χ3v) is 8.44. The fraction of sp³-hybridized carbons (Fsp3) is 0.231. The van der Waals surface area contributed by atoms with E-state index in [0.717, 1.165) is 5.56 Å². The van der Waals surface area contributed by atoms with Gasteiger partial charge in [0.15, 0.2) is 11.4 Å². The number of aromatic nitrogens is 2. The van der Waals surface area contributed by atoms with Gasteiger partial charge in [-0.05, 0) is 52.3 Å². The molecule has 0 saturated carbocycles. The first-order valence-corrected chi connectivity index (χ1v) is 17.3. The van der Waals surface area contributed by atoms with Crippen LogP contribution in [0.25, 0.3) is 11.3 Å². The predicted molar refractivity (Wildman–Crippen MR) is 217 cm³/mol. The summed E-state index contributed by atoms with van der Waals surface area (Å²) in [5, 5.41) is 20.4. The number of likely N-dealkylation sites (tertiary alicyclic amines) is 2. The fourth-order valence-electron chi connectivity index (χ4n) is 4.99. The Morgan fingerprint density at radius 2 is 1.29 bits per heavy atom. The average molecular weight is 904 g/mol. The number of pyridine rings is 2. The molecule has 304 valence electrons. The maximum atomic E-state index is 12.0. The molecule has 0 unspecified atom stereocenters. The van der Waals surface area contributed by atoms with Crippen molar-refractivity contribution >= 4 is 58.5 Å². The van der Waals surface area contributed by atoms with Crippen molar-refractivity contribution in [1.82, 2.24) is 19.8 Å². The molecule has 0 radical (unpaired) electrons. The Morgan fingerprint density at radius 3 is 1.73 bits per heavy atom. The number of carbonyl (C=O) groups excluding carboxylic acids is 4. The van der Waals surface area contributed by atoms with Crippen LogP contribution < -0.4 is 74.3 Å². The number of nitrogens with two attached hydrogens (primary N) is 4. The van der Waals surface area contributed by atoms with E-state index in [1.54, 1.807) is 74.8 Å². The Labute approximate surface area is 391 Å². The zero-order valence-electron chi connectivity index (χ0n) is 31.5. The molecule has 2 aromatic carbocycles. The first-order valence-electron chi connectivity index (χ1n) is 16.6. The van der Waals surface area contributed by atoms with Crippen LogP contribution in [-0.2, 0) is 9.59 Å². The molecule has 2 aromatic heterocycles. The average Bonchev–Trinajstić information content (AvgIpc) is 3.59. The number of hydrogen-bond donors (Lipinski definition) is 6. The molecule has 0 aliphatic carbocycles. The minimum Gasteiger partial charge on any atom is -0.397 e. The number of anilines is 2. The van der Waals surface area contributed by atoms with Crippen molar-refractivity contribution in [2.24, 2.45) is 11.5 Å². The third-order valence-electron chi connectivity index (χ3n) is 8.00. The van der Waals surface area contributed by atoms with E-state index >= 15 is 0 Å². The molecule has 2 atom stereocenters. The molecule has 0 bridgehead atoms. The quantitative estimate of drug-likeness (QED) is 0.0688. The minimum absolute atomic E-state index is 0. The summed E-state index contributed by atoms with van der Waals surface area (Å²) in [6, 6.07) is 23.6. The Balaban J connectivity index is 0.000000451.